The van der Waals surface area contributed by atoms with Crippen LogP contribution in [0.3, 0.4) is 0 Å². The highest BCUT2D eigenvalue weighted by Crippen LogP contribution is 2.31. The highest BCUT2D eigenvalue weighted by Gasteiger charge is 2.09. The second kappa shape index (κ2) is 7.88. The largest absolute Gasteiger partial charge is 0.372 e. The first-order valence-corrected chi connectivity index (χ1v) is 8.05. The number of nitrogens with zero attached hydrogens (tertiary/aromatic N) is 4. The van der Waals surface area contributed by atoms with Crippen LogP contribution < -0.4 is 4.90 Å². The fourth-order valence-corrected chi connectivity index (χ4v) is 2.55. The Morgan fingerprint density at radius 3 is 2.25 bits per heavy atom. The third-order valence-electron chi connectivity index (χ3n) is 3.72. The molecule has 0 amide bonds. The number of nitro groups is 1. The number of hydrogen-bond donors (Lipinski definition) is 0. The predicted octanol–water partition coefficient (Wildman–Crippen LogP) is 5.82. The van der Waals surface area contributed by atoms with Gasteiger partial charge in [-0.05, 0) is 50.6 Å². The second-order valence-corrected chi connectivity index (χ2v) is 5.64. The van der Waals surface area contributed by atoms with Gasteiger partial charge in [0.15, 0.2) is 0 Å². The van der Waals surface area contributed by atoms with Crippen molar-refractivity contribution in [2.75, 3.05) is 18.0 Å². The molecule has 0 unspecified atom stereocenters. The maximum atomic E-state index is 10.7. The standard InChI is InChI=1S/C17H19ClN4O2/c1-4-21(5-2)13-6-8-16(12(3)10-13)19-20-17-9-7-14(22(23)24)11-15(17)18/h6-11H,4-5H2,1-3H3. The maximum Gasteiger partial charge on any atom is 0.271 e. The summed E-state index contributed by atoms with van der Waals surface area (Å²) >= 11 is 6.02. The normalized spacial score (nSPS) is 11.0. The zero-order valence-electron chi connectivity index (χ0n) is 13.9. The van der Waals surface area contributed by atoms with Crippen LogP contribution in [0.1, 0.15) is 19.4 Å². The minimum absolute atomic E-state index is 0.0706. The van der Waals surface area contributed by atoms with E-state index < -0.39 is 4.92 Å². The summed E-state index contributed by atoms with van der Waals surface area (Å²) in [7, 11) is 0. The van der Waals surface area contributed by atoms with E-state index in [-0.39, 0.29) is 10.7 Å². The van der Waals surface area contributed by atoms with E-state index in [1.165, 1.54) is 18.2 Å². The van der Waals surface area contributed by atoms with E-state index in [1.807, 2.05) is 19.1 Å². The van der Waals surface area contributed by atoms with Crippen molar-refractivity contribution in [1.29, 1.82) is 0 Å². The Morgan fingerprint density at radius 2 is 1.71 bits per heavy atom. The van der Waals surface area contributed by atoms with Crippen molar-refractivity contribution in [3.8, 4) is 0 Å². The minimum atomic E-state index is -0.497. The Kier molecular flexibility index (Phi) is 5.87. The molecule has 7 heteroatoms. The lowest BCUT2D eigenvalue weighted by atomic mass is 10.1. The summed E-state index contributed by atoms with van der Waals surface area (Å²) in [5.74, 6) is 0. The molecule has 126 valence electrons. The lowest BCUT2D eigenvalue weighted by molar-refractivity contribution is -0.384. The minimum Gasteiger partial charge on any atom is -0.372 e. The summed E-state index contributed by atoms with van der Waals surface area (Å²) in [5, 5.41) is 19.2. The first kappa shape index (κ1) is 17.9. The molecule has 0 aliphatic rings. The van der Waals surface area contributed by atoms with Crippen molar-refractivity contribution in [2.45, 2.75) is 20.8 Å². The second-order valence-electron chi connectivity index (χ2n) is 5.24. The fraction of sp³-hybridized carbons (Fsp3) is 0.294. The molecule has 2 aromatic rings. The number of halogens is 1. The van der Waals surface area contributed by atoms with Crippen LogP contribution >= 0.6 is 11.6 Å². The Bertz CT molecular complexity index is 773. The van der Waals surface area contributed by atoms with Gasteiger partial charge in [0.05, 0.1) is 15.6 Å². The Morgan fingerprint density at radius 1 is 1.08 bits per heavy atom. The van der Waals surface area contributed by atoms with Crippen molar-refractivity contribution < 1.29 is 4.92 Å². The summed E-state index contributed by atoms with van der Waals surface area (Å²) in [5.41, 5.74) is 3.21. The highest BCUT2D eigenvalue weighted by molar-refractivity contribution is 6.33. The first-order valence-electron chi connectivity index (χ1n) is 7.67. The molecule has 0 aliphatic carbocycles. The summed E-state index contributed by atoms with van der Waals surface area (Å²) in [6, 6.07) is 10.1. The van der Waals surface area contributed by atoms with Gasteiger partial charge in [-0.3, -0.25) is 10.1 Å². The number of anilines is 1. The lowest BCUT2D eigenvalue weighted by Gasteiger charge is -2.21. The number of azo groups is 1. The van der Waals surface area contributed by atoms with Crippen LogP contribution in [0.5, 0.6) is 0 Å². The van der Waals surface area contributed by atoms with Crippen molar-refractivity contribution in [2.24, 2.45) is 10.2 Å². The molecule has 0 aliphatic heterocycles. The predicted molar refractivity (Wildman–Crippen MR) is 97.0 cm³/mol. The van der Waals surface area contributed by atoms with Gasteiger partial charge in [0.1, 0.15) is 5.69 Å². The molecule has 0 heterocycles. The van der Waals surface area contributed by atoms with Gasteiger partial charge >= 0.3 is 0 Å². The molecule has 2 aromatic carbocycles. The summed E-state index contributed by atoms with van der Waals surface area (Å²) in [6.07, 6.45) is 0. The van der Waals surface area contributed by atoms with Gasteiger partial charge in [-0.2, -0.15) is 5.11 Å². The topological polar surface area (TPSA) is 71.1 Å². The Labute approximate surface area is 145 Å². The van der Waals surface area contributed by atoms with E-state index in [0.717, 1.165) is 30.0 Å². The molecular weight excluding hydrogens is 328 g/mol. The summed E-state index contributed by atoms with van der Waals surface area (Å²) in [4.78, 5) is 12.5. The lowest BCUT2D eigenvalue weighted by Crippen LogP contribution is -2.21. The third kappa shape index (κ3) is 4.08. The van der Waals surface area contributed by atoms with Crippen molar-refractivity contribution in [3.63, 3.8) is 0 Å². The average molecular weight is 347 g/mol. The van der Waals surface area contributed by atoms with Crippen LogP contribution in [0.4, 0.5) is 22.7 Å². The number of benzene rings is 2. The number of nitro benzene ring substituents is 1. The van der Waals surface area contributed by atoms with Gasteiger partial charge in [0.25, 0.3) is 5.69 Å². The first-order chi connectivity index (χ1) is 11.5. The van der Waals surface area contributed by atoms with Crippen molar-refractivity contribution in [1.82, 2.24) is 0 Å². The number of hydrogen-bond acceptors (Lipinski definition) is 5. The van der Waals surface area contributed by atoms with E-state index in [0.29, 0.717) is 5.69 Å². The molecule has 0 saturated carbocycles. The molecule has 0 radical (unpaired) electrons. The Hall–Kier alpha value is -2.47. The molecule has 6 nitrogen and oxygen atoms in total. The number of rotatable bonds is 6. The third-order valence-corrected chi connectivity index (χ3v) is 4.02. The van der Waals surface area contributed by atoms with Gasteiger partial charge in [0.2, 0.25) is 0 Å². The molecule has 0 aromatic heterocycles. The molecule has 0 fully saturated rings. The van der Waals surface area contributed by atoms with Crippen LogP contribution in [0.25, 0.3) is 0 Å². The van der Waals surface area contributed by atoms with E-state index >= 15 is 0 Å². The molecule has 0 atom stereocenters. The van der Waals surface area contributed by atoms with Crippen LogP contribution in [-0.4, -0.2) is 18.0 Å². The van der Waals surface area contributed by atoms with Crippen LogP contribution in [0.15, 0.2) is 46.6 Å². The van der Waals surface area contributed by atoms with Gasteiger partial charge in [-0.1, -0.05) is 11.6 Å². The molecule has 0 N–H and O–H groups in total. The van der Waals surface area contributed by atoms with E-state index in [2.05, 4.69) is 35.0 Å². The average Bonchev–Trinajstić information content (AvgIpc) is 2.56. The molecule has 2 rings (SSSR count). The van der Waals surface area contributed by atoms with Crippen molar-refractivity contribution in [3.05, 3.63) is 57.1 Å². The fourth-order valence-electron chi connectivity index (χ4n) is 2.34. The summed E-state index contributed by atoms with van der Waals surface area (Å²) in [6.45, 7) is 8.08. The van der Waals surface area contributed by atoms with Gasteiger partial charge in [-0.15, -0.1) is 5.11 Å². The maximum absolute atomic E-state index is 10.7. The van der Waals surface area contributed by atoms with Crippen LogP contribution in [-0.2, 0) is 0 Å². The zero-order valence-corrected chi connectivity index (χ0v) is 14.6. The van der Waals surface area contributed by atoms with Crippen LogP contribution in [0.2, 0.25) is 5.02 Å². The summed E-state index contributed by atoms with van der Waals surface area (Å²) < 4.78 is 0. The Balaban J connectivity index is 2.25. The highest BCUT2D eigenvalue weighted by atomic mass is 35.5. The van der Waals surface area contributed by atoms with Crippen LogP contribution in [0, 0.1) is 17.0 Å². The zero-order chi connectivity index (χ0) is 17.7. The quantitative estimate of drug-likeness (QED) is 0.376. The van der Waals surface area contributed by atoms with E-state index in [1.54, 1.807) is 0 Å². The van der Waals surface area contributed by atoms with E-state index in [9.17, 15) is 10.1 Å². The smallest absolute Gasteiger partial charge is 0.271 e. The van der Waals surface area contributed by atoms with Crippen molar-refractivity contribution >= 4 is 34.4 Å². The monoisotopic (exact) mass is 346 g/mol. The van der Waals surface area contributed by atoms with Gasteiger partial charge in [0, 0.05) is 30.9 Å². The van der Waals surface area contributed by atoms with Gasteiger partial charge < -0.3 is 4.90 Å². The molecular formula is C17H19ClN4O2. The molecule has 24 heavy (non-hydrogen) atoms. The SMILES string of the molecule is CCN(CC)c1ccc(N=Nc2ccc([N+](=O)[O-])cc2Cl)c(C)c1. The molecule has 0 bridgehead atoms. The number of aryl methyl sites for hydroxylation is 1. The number of non-ortho nitro benzene ring substituents is 1. The van der Waals surface area contributed by atoms with Gasteiger partial charge in [-0.25, -0.2) is 0 Å². The van der Waals surface area contributed by atoms with E-state index in [4.69, 9.17) is 11.6 Å². The molecule has 0 saturated heterocycles. The molecule has 0 spiro atoms.